The van der Waals surface area contributed by atoms with E-state index in [2.05, 4.69) is 21.2 Å². The normalized spacial score (nSPS) is 11.5. The molecule has 2 amide bonds. The van der Waals surface area contributed by atoms with Crippen molar-refractivity contribution in [1.29, 1.82) is 0 Å². The standard InChI is InChI=1S/C28H31BrN2O3/c1-3-16-30-28(33)25(18-22-11-5-4-6-12-22)31(19-23-13-9-14-24(29)17-23)27(32)20-34-26-15-8-7-10-21(26)2/h4-15,17,25H,3,16,18-20H2,1-2H3,(H,30,33). The number of nitrogens with zero attached hydrogens (tertiary/aromatic N) is 1. The number of aryl methyl sites for hydroxylation is 1. The van der Waals surface area contributed by atoms with Crippen molar-refractivity contribution in [2.24, 2.45) is 0 Å². The van der Waals surface area contributed by atoms with Crippen molar-refractivity contribution in [2.45, 2.75) is 39.3 Å². The summed E-state index contributed by atoms with van der Waals surface area (Å²) in [7, 11) is 0. The maximum absolute atomic E-state index is 13.5. The lowest BCUT2D eigenvalue weighted by Crippen LogP contribution is -2.51. The molecule has 0 aliphatic carbocycles. The fourth-order valence-electron chi connectivity index (χ4n) is 3.69. The van der Waals surface area contributed by atoms with Gasteiger partial charge in [-0.1, -0.05) is 83.5 Å². The molecule has 3 aromatic carbocycles. The summed E-state index contributed by atoms with van der Waals surface area (Å²) >= 11 is 3.50. The van der Waals surface area contributed by atoms with E-state index >= 15 is 0 Å². The number of hydrogen-bond donors (Lipinski definition) is 1. The molecule has 1 atom stereocenters. The number of hydrogen-bond acceptors (Lipinski definition) is 3. The van der Waals surface area contributed by atoms with Crippen LogP contribution < -0.4 is 10.1 Å². The minimum absolute atomic E-state index is 0.148. The lowest BCUT2D eigenvalue weighted by Gasteiger charge is -2.31. The second kappa shape index (κ2) is 12.9. The number of rotatable bonds is 11. The zero-order valence-electron chi connectivity index (χ0n) is 19.7. The van der Waals surface area contributed by atoms with Crippen LogP contribution in [0.3, 0.4) is 0 Å². The second-order valence-corrected chi connectivity index (χ2v) is 9.12. The SMILES string of the molecule is CCCNC(=O)C(Cc1ccccc1)N(Cc1cccc(Br)c1)C(=O)COc1ccccc1C. The summed E-state index contributed by atoms with van der Waals surface area (Å²) in [5, 5.41) is 2.99. The highest BCUT2D eigenvalue weighted by Crippen LogP contribution is 2.20. The minimum atomic E-state index is -0.666. The van der Waals surface area contributed by atoms with Gasteiger partial charge in [0.15, 0.2) is 6.61 Å². The highest BCUT2D eigenvalue weighted by Gasteiger charge is 2.30. The van der Waals surface area contributed by atoms with Crippen molar-refractivity contribution in [1.82, 2.24) is 10.2 Å². The molecule has 6 heteroatoms. The molecular formula is C28H31BrN2O3. The molecule has 178 valence electrons. The first-order valence-corrected chi connectivity index (χ1v) is 12.3. The van der Waals surface area contributed by atoms with E-state index < -0.39 is 6.04 Å². The fourth-order valence-corrected chi connectivity index (χ4v) is 4.14. The topological polar surface area (TPSA) is 58.6 Å². The Bertz CT molecular complexity index is 1090. The van der Waals surface area contributed by atoms with E-state index in [0.29, 0.717) is 25.3 Å². The van der Waals surface area contributed by atoms with Crippen LogP contribution >= 0.6 is 15.9 Å². The van der Waals surface area contributed by atoms with E-state index in [1.165, 1.54) is 0 Å². The average Bonchev–Trinajstić information content (AvgIpc) is 2.84. The average molecular weight is 523 g/mol. The van der Waals surface area contributed by atoms with Crippen LogP contribution in [0, 0.1) is 6.92 Å². The molecule has 0 fully saturated rings. The van der Waals surface area contributed by atoms with Gasteiger partial charge in [0.1, 0.15) is 11.8 Å². The van der Waals surface area contributed by atoms with Crippen molar-refractivity contribution in [3.63, 3.8) is 0 Å². The summed E-state index contributed by atoms with van der Waals surface area (Å²) in [6, 6.07) is 24.5. The van der Waals surface area contributed by atoms with Gasteiger partial charge in [-0.05, 0) is 48.2 Å². The third-order valence-electron chi connectivity index (χ3n) is 5.51. The summed E-state index contributed by atoms with van der Waals surface area (Å²) in [5.41, 5.74) is 2.88. The molecule has 1 N–H and O–H groups in total. The summed E-state index contributed by atoms with van der Waals surface area (Å²) in [6.45, 7) is 4.66. The van der Waals surface area contributed by atoms with Crippen LogP contribution in [0.5, 0.6) is 5.75 Å². The first-order valence-electron chi connectivity index (χ1n) is 11.5. The van der Waals surface area contributed by atoms with Gasteiger partial charge in [0, 0.05) is 24.0 Å². The minimum Gasteiger partial charge on any atom is -0.484 e. The Morgan fingerprint density at radius 1 is 0.971 bits per heavy atom. The number of para-hydroxylation sites is 1. The van der Waals surface area contributed by atoms with Crippen LogP contribution in [0.15, 0.2) is 83.3 Å². The van der Waals surface area contributed by atoms with Crippen LogP contribution in [0.4, 0.5) is 0 Å². The number of amides is 2. The molecule has 0 saturated carbocycles. The van der Waals surface area contributed by atoms with Gasteiger partial charge in [0.2, 0.25) is 5.91 Å². The predicted octanol–water partition coefficient (Wildman–Crippen LogP) is 5.30. The Kier molecular flexibility index (Phi) is 9.71. The molecule has 3 aromatic rings. The molecular weight excluding hydrogens is 492 g/mol. The van der Waals surface area contributed by atoms with Gasteiger partial charge in [-0.25, -0.2) is 0 Å². The monoisotopic (exact) mass is 522 g/mol. The molecule has 0 aliphatic rings. The maximum atomic E-state index is 13.5. The summed E-state index contributed by atoms with van der Waals surface area (Å²) < 4.78 is 6.79. The number of carbonyl (C=O) groups is 2. The highest BCUT2D eigenvalue weighted by atomic mass is 79.9. The molecule has 0 radical (unpaired) electrons. The van der Waals surface area contributed by atoms with Gasteiger partial charge in [-0.3, -0.25) is 9.59 Å². The fraction of sp³-hybridized carbons (Fsp3) is 0.286. The van der Waals surface area contributed by atoms with Crippen LogP contribution in [0.1, 0.15) is 30.0 Å². The van der Waals surface area contributed by atoms with E-state index in [9.17, 15) is 9.59 Å². The molecule has 0 spiro atoms. The Hall–Kier alpha value is -3.12. The van der Waals surface area contributed by atoms with Crippen molar-refractivity contribution < 1.29 is 14.3 Å². The Labute approximate surface area is 210 Å². The largest absolute Gasteiger partial charge is 0.484 e. The quantitative estimate of drug-likeness (QED) is 0.371. The molecule has 34 heavy (non-hydrogen) atoms. The smallest absolute Gasteiger partial charge is 0.261 e. The zero-order chi connectivity index (χ0) is 24.3. The first kappa shape index (κ1) is 25.5. The summed E-state index contributed by atoms with van der Waals surface area (Å²) in [5.74, 6) is 0.258. The molecule has 1 unspecified atom stereocenters. The van der Waals surface area contributed by atoms with Gasteiger partial charge in [-0.15, -0.1) is 0 Å². The third-order valence-corrected chi connectivity index (χ3v) is 6.00. The Balaban J connectivity index is 1.90. The Morgan fingerprint density at radius 3 is 2.38 bits per heavy atom. The number of benzene rings is 3. The van der Waals surface area contributed by atoms with E-state index in [0.717, 1.165) is 27.6 Å². The van der Waals surface area contributed by atoms with Crippen LogP contribution in [0.25, 0.3) is 0 Å². The zero-order valence-corrected chi connectivity index (χ0v) is 21.3. The molecule has 0 saturated heterocycles. The number of nitrogens with one attached hydrogen (secondary N) is 1. The lowest BCUT2D eigenvalue weighted by molar-refractivity contribution is -0.142. The van der Waals surface area contributed by atoms with Gasteiger partial charge < -0.3 is 15.0 Å². The van der Waals surface area contributed by atoms with Crippen molar-refractivity contribution in [3.8, 4) is 5.75 Å². The van der Waals surface area contributed by atoms with Crippen molar-refractivity contribution in [3.05, 3.63) is 100 Å². The summed E-state index contributed by atoms with van der Waals surface area (Å²) in [4.78, 5) is 28.5. The second-order valence-electron chi connectivity index (χ2n) is 8.20. The number of carbonyl (C=O) groups excluding carboxylic acids is 2. The van der Waals surface area contributed by atoms with E-state index in [4.69, 9.17) is 4.74 Å². The number of ether oxygens (including phenoxy) is 1. The molecule has 3 rings (SSSR count). The van der Waals surface area contributed by atoms with Crippen molar-refractivity contribution in [2.75, 3.05) is 13.2 Å². The van der Waals surface area contributed by atoms with Gasteiger partial charge >= 0.3 is 0 Å². The lowest BCUT2D eigenvalue weighted by atomic mass is 10.0. The van der Waals surface area contributed by atoms with E-state index in [1.54, 1.807) is 4.90 Å². The first-order chi connectivity index (χ1) is 16.5. The molecule has 0 aliphatic heterocycles. The van der Waals surface area contributed by atoms with Crippen LogP contribution in [0.2, 0.25) is 0 Å². The molecule has 0 heterocycles. The number of halogens is 1. The third kappa shape index (κ3) is 7.45. The molecule has 5 nitrogen and oxygen atoms in total. The van der Waals surface area contributed by atoms with E-state index in [1.807, 2.05) is 92.7 Å². The Morgan fingerprint density at radius 2 is 1.68 bits per heavy atom. The molecule has 0 bridgehead atoms. The summed E-state index contributed by atoms with van der Waals surface area (Å²) in [6.07, 6.45) is 1.24. The van der Waals surface area contributed by atoms with Crippen LogP contribution in [-0.4, -0.2) is 35.9 Å². The van der Waals surface area contributed by atoms with Gasteiger partial charge in [-0.2, -0.15) is 0 Å². The predicted molar refractivity (Wildman–Crippen MR) is 139 cm³/mol. The maximum Gasteiger partial charge on any atom is 0.261 e. The van der Waals surface area contributed by atoms with Crippen LogP contribution in [-0.2, 0) is 22.6 Å². The van der Waals surface area contributed by atoms with Crippen molar-refractivity contribution >= 4 is 27.7 Å². The van der Waals surface area contributed by atoms with Gasteiger partial charge in [0.25, 0.3) is 5.91 Å². The van der Waals surface area contributed by atoms with Gasteiger partial charge in [0.05, 0.1) is 0 Å². The van der Waals surface area contributed by atoms with E-state index in [-0.39, 0.29) is 18.4 Å². The molecule has 0 aromatic heterocycles. The highest BCUT2D eigenvalue weighted by molar-refractivity contribution is 9.10.